The third-order valence-electron chi connectivity index (χ3n) is 15.9. The lowest BCUT2D eigenvalue weighted by molar-refractivity contribution is -0.379. The molecule has 0 aromatic rings. The summed E-state index contributed by atoms with van der Waals surface area (Å²) in [5, 5.41) is 120. The number of aliphatic hydroxyl groups excluding tert-OH is 11. The molecule has 0 bridgehead atoms. The number of allylic oxidation sites excluding steroid dienone is 5. The molecule has 0 aromatic heterocycles. The molecule has 17 unspecified atom stereocenters. The fraction of sp³-hybridized carbons (Fsp3) is 0.887. The van der Waals surface area contributed by atoms with Crippen LogP contribution >= 0.6 is 0 Å². The number of nitrogens with one attached hydrogen (secondary N) is 1. The first-order valence-corrected chi connectivity index (χ1v) is 31.7. The zero-order valence-corrected chi connectivity index (χ0v) is 49.5. The average Bonchev–Trinajstić information content (AvgIpc) is 3.65. The Morgan fingerprint density at radius 2 is 0.790 bits per heavy atom. The van der Waals surface area contributed by atoms with Crippen LogP contribution in [0, 0.1) is 0 Å². The zero-order valence-electron chi connectivity index (χ0n) is 49.5. The number of aliphatic hydroxyl groups is 11. The molecule has 19 nitrogen and oxygen atoms in total. The number of amides is 1. The van der Waals surface area contributed by atoms with Gasteiger partial charge in [-0.2, -0.15) is 0 Å². The molecule has 3 rings (SSSR count). The summed E-state index contributed by atoms with van der Waals surface area (Å²) >= 11 is 0. The van der Waals surface area contributed by atoms with Gasteiger partial charge in [-0.25, -0.2) is 0 Å². The molecule has 1 amide bonds. The Labute approximate surface area is 485 Å². The molecule has 17 atom stereocenters. The lowest BCUT2D eigenvalue weighted by atomic mass is 9.96. The third kappa shape index (κ3) is 28.8. The van der Waals surface area contributed by atoms with Crippen molar-refractivity contribution in [1.29, 1.82) is 0 Å². The van der Waals surface area contributed by atoms with E-state index >= 15 is 0 Å². The Morgan fingerprint density at radius 3 is 1.23 bits per heavy atom. The van der Waals surface area contributed by atoms with Crippen LogP contribution in [-0.4, -0.2) is 193 Å². The molecule has 12 N–H and O–H groups in total. The van der Waals surface area contributed by atoms with Crippen molar-refractivity contribution in [1.82, 2.24) is 5.32 Å². The lowest BCUT2D eigenvalue weighted by Crippen LogP contribution is -2.66. The van der Waals surface area contributed by atoms with Gasteiger partial charge in [0.15, 0.2) is 18.9 Å². The quantitative estimate of drug-likeness (QED) is 0.0229. The van der Waals surface area contributed by atoms with Crippen molar-refractivity contribution in [2.45, 2.75) is 324 Å². The number of carbonyl (C=O) groups is 1. The first-order valence-electron chi connectivity index (χ1n) is 31.7. The van der Waals surface area contributed by atoms with Gasteiger partial charge < -0.3 is 89.9 Å². The Bertz CT molecular complexity index is 1620. The summed E-state index contributed by atoms with van der Waals surface area (Å²) in [7, 11) is 0. The molecule has 3 fully saturated rings. The van der Waals surface area contributed by atoms with Crippen molar-refractivity contribution >= 4 is 5.91 Å². The minimum Gasteiger partial charge on any atom is -0.394 e. The van der Waals surface area contributed by atoms with Gasteiger partial charge in [-0.15, -0.1) is 0 Å². The summed E-state index contributed by atoms with van der Waals surface area (Å²) < 4.78 is 34.2. The normalized spacial score (nSPS) is 30.0. The van der Waals surface area contributed by atoms with E-state index in [1.807, 2.05) is 6.08 Å². The van der Waals surface area contributed by atoms with E-state index in [4.69, 9.17) is 28.4 Å². The van der Waals surface area contributed by atoms with E-state index in [-0.39, 0.29) is 18.9 Å². The molecule has 0 spiro atoms. The number of hydrogen-bond donors (Lipinski definition) is 12. The summed E-state index contributed by atoms with van der Waals surface area (Å²) in [5.74, 6) is -0.290. The molecular weight excluding hydrogens is 1050 g/mol. The Kier molecular flexibility index (Phi) is 41.0. The van der Waals surface area contributed by atoms with Gasteiger partial charge in [0.1, 0.15) is 73.2 Å². The van der Waals surface area contributed by atoms with E-state index in [0.717, 1.165) is 44.9 Å². The molecule has 3 heterocycles. The molecule has 0 radical (unpaired) electrons. The summed E-state index contributed by atoms with van der Waals surface area (Å²) in [6.45, 7) is 1.69. The van der Waals surface area contributed by atoms with E-state index in [2.05, 4.69) is 43.5 Å². The molecule has 81 heavy (non-hydrogen) atoms. The highest BCUT2D eigenvalue weighted by molar-refractivity contribution is 5.76. The van der Waals surface area contributed by atoms with Gasteiger partial charge >= 0.3 is 0 Å². The standard InChI is InChI=1S/C62H113NO18/c1-3-5-7-9-11-13-15-17-18-19-20-21-22-23-24-25-26-27-28-29-31-33-35-37-39-46(67)45(63-50(68)40-38-36-34-32-30-16-14-12-10-8-6-4-2)44-76-60-56(74)53(71)58(48(42-65)78-60)81-62-57(75)54(72)59(49(43-66)79-62)80-61-55(73)52(70)51(69)47(41-64)77-61/h25-26,29,31,37,39,45-49,51-62,64-67,69-75H,3-24,27-28,30,32-36,38,40-44H2,1-2H3,(H,63,68)/b26-25+,31-29+,39-37+. The first kappa shape index (κ1) is 73.3. The maximum Gasteiger partial charge on any atom is 0.220 e. The van der Waals surface area contributed by atoms with E-state index in [0.29, 0.717) is 12.8 Å². The highest BCUT2D eigenvalue weighted by Crippen LogP contribution is 2.33. The second-order valence-corrected chi connectivity index (χ2v) is 22.9. The fourth-order valence-corrected chi connectivity index (χ4v) is 10.7. The number of rotatable bonds is 47. The minimum atomic E-state index is -1.98. The van der Waals surface area contributed by atoms with Crippen LogP contribution in [0.15, 0.2) is 36.5 Å². The lowest BCUT2D eigenvalue weighted by Gasteiger charge is -2.48. The largest absolute Gasteiger partial charge is 0.394 e. The van der Waals surface area contributed by atoms with Gasteiger partial charge in [-0.1, -0.05) is 204 Å². The van der Waals surface area contributed by atoms with Crippen LogP contribution in [0.1, 0.15) is 219 Å². The van der Waals surface area contributed by atoms with E-state index in [9.17, 15) is 61.0 Å². The van der Waals surface area contributed by atoms with Crippen molar-refractivity contribution in [2.24, 2.45) is 0 Å². The van der Waals surface area contributed by atoms with Crippen LogP contribution in [-0.2, 0) is 33.2 Å². The van der Waals surface area contributed by atoms with Crippen molar-refractivity contribution in [3.63, 3.8) is 0 Å². The fourth-order valence-electron chi connectivity index (χ4n) is 10.7. The molecule has 3 aliphatic heterocycles. The van der Waals surface area contributed by atoms with Gasteiger partial charge in [0.05, 0.1) is 38.6 Å². The predicted octanol–water partition coefficient (Wildman–Crippen LogP) is 6.49. The van der Waals surface area contributed by atoms with Crippen molar-refractivity contribution in [3.8, 4) is 0 Å². The number of unbranched alkanes of at least 4 members (excludes halogenated alkanes) is 27. The summed E-state index contributed by atoms with van der Waals surface area (Å²) in [6.07, 6.45) is 22.8. The van der Waals surface area contributed by atoms with Gasteiger partial charge in [-0.05, 0) is 44.9 Å². The van der Waals surface area contributed by atoms with E-state index in [1.165, 1.54) is 141 Å². The highest BCUT2D eigenvalue weighted by atomic mass is 16.8. The van der Waals surface area contributed by atoms with Gasteiger partial charge in [-0.3, -0.25) is 4.79 Å². The maximum atomic E-state index is 13.3. The Hall–Kier alpha value is -1.99. The van der Waals surface area contributed by atoms with Crippen molar-refractivity contribution in [3.05, 3.63) is 36.5 Å². The highest BCUT2D eigenvalue weighted by Gasteiger charge is 2.53. The van der Waals surface area contributed by atoms with Crippen LogP contribution in [0.25, 0.3) is 0 Å². The van der Waals surface area contributed by atoms with Gasteiger partial charge in [0.2, 0.25) is 5.91 Å². The first-order chi connectivity index (χ1) is 39.3. The molecule has 474 valence electrons. The topological polar surface area (TPSA) is 307 Å². The maximum absolute atomic E-state index is 13.3. The Morgan fingerprint density at radius 1 is 0.432 bits per heavy atom. The SMILES string of the molecule is CCCCCCCCCCCCCCCC/C=C/CC/C=C/CC/C=C/C(O)C(COC1OC(CO)C(OC2OC(CO)C(OC3OC(CO)C(O)C(O)C3O)C(O)C2O)C(O)C1O)NC(=O)CCCCCCCCCCCCCC. The number of carbonyl (C=O) groups excluding carboxylic acids is 1. The van der Waals surface area contributed by atoms with Crippen LogP contribution < -0.4 is 5.32 Å². The summed E-state index contributed by atoms with van der Waals surface area (Å²) in [4.78, 5) is 13.3. The van der Waals surface area contributed by atoms with Crippen molar-refractivity contribution in [2.75, 3.05) is 26.4 Å². The van der Waals surface area contributed by atoms with Crippen LogP contribution in [0.3, 0.4) is 0 Å². The predicted molar refractivity (Wildman–Crippen MR) is 309 cm³/mol. The second-order valence-electron chi connectivity index (χ2n) is 22.9. The molecule has 19 heteroatoms. The second kappa shape index (κ2) is 45.3. The van der Waals surface area contributed by atoms with Crippen molar-refractivity contribution < 1.29 is 89.4 Å². The summed E-state index contributed by atoms with van der Waals surface area (Å²) in [6, 6.07) is -0.992. The van der Waals surface area contributed by atoms with Crippen LogP contribution in [0.5, 0.6) is 0 Å². The third-order valence-corrected chi connectivity index (χ3v) is 15.9. The molecular formula is C62H113NO18. The Balaban J connectivity index is 1.48. The minimum absolute atomic E-state index is 0.234. The molecule has 3 aliphatic rings. The van der Waals surface area contributed by atoms with Crippen LogP contribution in [0.4, 0.5) is 0 Å². The number of ether oxygens (including phenoxy) is 6. The van der Waals surface area contributed by atoms with E-state index < -0.39 is 124 Å². The average molecular weight is 1160 g/mol. The van der Waals surface area contributed by atoms with Crippen LogP contribution in [0.2, 0.25) is 0 Å². The molecule has 0 aromatic carbocycles. The van der Waals surface area contributed by atoms with E-state index in [1.54, 1.807) is 6.08 Å². The summed E-state index contributed by atoms with van der Waals surface area (Å²) in [5.41, 5.74) is 0. The zero-order chi connectivity index (χ0) is 59.0. The molecule has 0 saturated carbocycles. The monoisotopic (exact) mass is 1160 g/mol. The van der Waals surface area contributed by atoms with Gasteiger partial charge in [0, 0.05) is 6.42 Å². The smallest absolute Gasteiger partial charge is 0.220 e. The van der Waals surface area contributed by atoms with Gasteiger partial charge in [0.25, 0.3) is 0 Å². The number of hydrogen-bond acceptors (Lipinski definition) is 18. The molecule has 0 aliphatic carbocycles. The molecule has 3 saturated heterocycles.